The third kappa shape index (κ3) is 4.16. The number of aliphatic imine (C=N–C) groups is 1. The molecule has 0 saturated carbocycles. The van der Waals surface area contributed by atoms with E-state index in [-0.39, 0.29) is 6.03 Å². The zero-order valence-corrected chi connectivity index (χ0v) is 12.8. The first kappa shape index (κ1) is 15.3. The van der Waals surface area contributed by atoms with Crippen molar-refractivity contribution in [1.82, 2.24) is 15.3 Å². The molecule has 2 amide bonds. The Bertz CT molecular complexity index is 551. The monoisotopic (exact) mass is 286 g/mol. The molecule has 1 aromatic rings. The summed E-state index contributed by atoms with van der Waals surface area (Å²) in [6.07, 6.45) is 1.83. The number of amides is 2. The van der Waals surface area contributed by atoms with Crippen LogP contribution in [0.3, 0.4) is 0 Å². The first-order chi connectivity index (χ1) is 10.1. The standard InChI is InChI=1S/C16H22N4O/c1-13-11-18-20(12-13)16(21)19(3)10-9-17-14(2)15-7-5-4-6-8-15/h4-8,12,18H,9-11H2,1-3H3. The van der Waals surface area contributed by atoms with Crippen molar-refractivity contribution >= 4 is 11.7 Å². The molecular formula is C16H22N4O. The number of nitrogens with one attached hydrogen (secondary N) is 1. The highest BCUT2D eigenvalue weighted by Crippen LogP contribution is 2.06. The maximum atomic E-state index is 12.1. The molecule has 21 heavy (non-hydrogen) atoms. The molecule has 0 radical (unpaired) electrons. The Morgan fingerprint density at radius 3 is 2.71 bits per heavy atom. The van der Waals surface area contributed by atoms with E-state index in [1.165, 1.54) is 5.01 Å². The lowest BCUT2D eigenvalue weighted by atomic mass is 10.1. The minimum atomic E-state index is -0.0561. The molecule has 1 heterocycles. The number of carbonyl (C=O) groups is 1. The molecule has 0 bridgehead atoms. The van der Waals surface area contributed by atoms with E-state index in [4.69, 9.17) is 0 Å². The van der Waals surface area contributed by atoms with Gasteiger partial charge >= 0.3 is 6.03 Å². The van der Waals surface area contributed by atoms with Crippen molar-refractivity contribution in [3.63, 3.8) is 0 Å². The van der Waals surface area contributed by atoms with Crippen LogP contribution < -0.4 is 5.43 Å². The molecule has 0 aromatic heterocycles. The summed E-state index contributed by atoms with van der Waals surface area (Å²) in [5.74, 6) is 0. The molecule has 1 N–H and O–H groups in total. The number of urea groups is 1. The normalized spacial score (nSPS) is 15.1. The number of rotatable bonds is 4. The van der Waals surface area contributed by atoms with Crippen LogP contribution in [-0.4, -0.2) is 48.3 Å². The first-order valence-corrected chi connectivity index (χ1v) is 7.09. The van der Waals surface area contributed by atoms with Crippen LogP contribution in [0.1, 0.15) is 19.4 Å². The maximum Gasteiger partial charge on any atom is 0.338 e. The molecule has 0 atom stereocenters. The molecule has 2 rings (SSSR count). The predicted octanol–water partition coefficient (Wildman–Crippen LogP) is 2.27. The second kappa shape index (κ2) is 7.04. The lowest BCUT2D eigenvalue weighted by Gasteiger charge is -2.22. The summed E-state index contributed by atoms with van der Waals surface area (Å²) in [7, 11) is 1.79. The lowest BCUT2D eigenvalue weighted by Crippen LogP contribution is -2.44. The van der Waals surface area contributed by atoms with Crippen molar-refractivity contribution in [2.75, 3.05) is 26.7 Å². The van der Waals surface area contributed by atoms with Crippen molar-refractivity contribution in [1.29, 1.82) is 0 Å². The molecule has 0 fully saturated rings. The van der Waals surface area contributed by atoms with E-state index in [9.17, 15) is 4.79 Å². The average Bonchev–Trinajstić information content (AvgIpc) is 2.93. The SMILES string of the molecule is CC1=CN(C(=O)N(C)CCN=C(C)c2ccccc2)NC1. The predicted molar refractivity (Wildman–Crippen MR) is 85.1 cm³/mol. The van der Waals surface area contributed by atoms with Gasteiger partial charge in [-0.2, -0.15) is 0 Å². The molecule has 0 saturated heterocycles. The van der Waals surface area contributed by atoms with Crippen LogP contribution in [0, 0.1) is 0 Å². The number of carbonyl (C=O) groups excluding carboxylic acids is 1. The topological polar surface area (TPSA) is 47.9 Å². The fourth-order valence-corrected chi connectivity index (χ4v) is 2.06. The number of nitrogens with zero attached hydrogens (tertiary/aromatic N) is 3. The van der Waals surface area contributed by atoms with Gasteiger partial charge in [0.15, 0.2) is 0 Å². The van der Waals surface area contributed by atoms with Gasteiger partial charge in [0.05, 0.1) is 6.54 Å². The van der Waals surface area contributed by atoms with Gasteiger partial charge in [0, 0.05) is 32.0 Å². The molecule has 1 aliphatic rings. The van der Waals surface area contributed by atoms with Crippen LogP contribution in [0.25, 0.3) is 0 Å². The fraction of sp³-hybridized carbons (Fsp3) is 0.375. The van der Waals surface area contributed by atoms with E-state index in [1.807, 2.05) is 50.4 Å². The summed E-state index contributed by atoms with van der Waals surface area (Å²) in [5.41, 5.74) is 6.28. The summed E-state index contributed by atoms with van der Waals surface area (Å²) < 4.78 is 0. The van der Waals surface area contributed by atoms with E-state index in [0.29, 0.717) is 13.1 Å². The lowest BCUT2D eigenvalue weighted by molar-refractivity contribution is 0.170. The third-order valence-corrected chi connectivity index (χ3v) is 3.39. The quantitative estimate of drug-likeness (QED) is 0.863. The maximum absolute atomic E-state index is 12.1. The Labute approximate surface area is 125 Å². The van der Waals surface area contributed by atoms with Crippen LogP contribution >= 0.6 is 0 Å². The summed E-state index contributed by atoms with van der Waals surface area (Å²) in [6.45, 7) is 5.90. The zero-order chi connectivity index (χ0) is 15.2. The summed E-state index contributed by atoms with van der Waals surface area (Å²) >= 11 is 0. The van der Waals surface area contributed by atoms with E-state index in [2.05, 4.69) is 10.4 Å². The molecule has 5 heteroatoms. The van der Waals surface area contributed by atoms with E-state index in [1.54, 1.807) is 11.9 Å². The first-order valence-electron chi connectivity index (χ1n) is 7.09. The fourth-order valence-electron chi connectivity index (χ4n) is 2.06. The van der Waals surface area contributed by atoms with Gasteiger partial charge in [-0.3, -0.25) is 4.99 Å². The van der Waals surface area contributed by atoms with Crippen LogP contribution in [0.2, 0.25) is 0 Å². The van der Waals surface area contributed by atoms with Gasteiger partial charge in [-0.05, 0) is 25.0 Å². The Morgan fingerprint density at radius 1 is 1.38 bits per heavy atom. The Morgan fingerprint density at radius 2 is 2.10 bits per heavy atom. The highest BCUT2D eigenvalue weighted by molar-refractivity contribution is 5.98. The number of hydrazine groups is 1. The molecule has 0 aliphatic carbocycles. The zero-order valence-electron chi connectivity index (χ0n) is 12.8. The number of hydrogen-bond acceptors (Lipinski definition) is 3. The van der Waals surface area contributed by atoms with Crippen molar-refractivity contribution in [3.8, 4) is 0 Å². The van der Waals surface area contributed by atoms with Gasteiger partial charge in [-0.1, -0.05) is 30.3 Å². The largest absolute Gasteiger partial charge is 0.338 e. The van der Waals surface area contributed by atoms with Crippen LogP contribution in [0.4, 0.5) is 4.79 Å². The number of hydrogen-bond donors (Lipinski definition) is 1. The molecule has 1 aliphatic heterocycles. The van der Waals surface area contributed by atoms with Crippen molar-refractivity contribution in [2.24, 2.45) is 4.99 Å². The van der Waals surface area contributed by atoms with Gasteiger partial charge in [0.25, 0.3) is 0 Å². The second-order valence-electron chi connectivity index (χ2n) is 5.22. The van der Waals surface area contributed by atoms with Crippen LogP contribution in [0.5, 0.6) is 0 Å². The number of benzene rings is 1. The van der Waals surface area contributed by atoms with Crippen molar-refractivity contribution in [2.45, 2.75) is 13.8 Å². The van der Waals surface area contributed by atoms with Gasteiger partial charge in [0.1, 0.15) is 0 Å². The van der Waals surface area contributed by atoms with Gasteiger partial charge < -0.3 is 4.90 Å². The second-order valence-corrected chi connectivity index (χ2v) is 5.22. The summed E-state index contributed by atoms with van der Waals surface area (Å²) in [5, 5.41) is 1.53. The van der Waals surface area contributed by atoms with Crippen molar-refractivity contribution < 1.29 is 4.79 Å². The highest BCUT2D eigenvalue weighted by Gasteiger charge is 2.19. The van der Waals surface area contributed by atoms with Gasteiger partial charge in [-0.15, -0.1) is 0 Å². The van der Waals surface area contributed by atoms with Crippen LogP contribution in [0.15, 0.2) is 47.1 Å². The number of likely N-dealkylation sites (N-methyl/N-ethyl adjacent to an activating group) is 1. The summed E-state index contributed by atoms with van der Waals surface area (Å²) in [4.78, 5) is 18.3. The molecule has 1 aromatic carbocycles. The van der Waals surface area contributed by atoms with Gasteiger partial charge in [-0.25, -0.2) is 15.2 Å². The van der Waals surface area contributed by atoms with Gasteiger partial charge in [0.2, 0.25) is 0 Å². The smallest absolute Gasteiger partial charge is 0.324 e. The summed E-state index contributed by atoms with van der Waals surface area (Å²) in [6, 6.07) is 10.0. The Balaban J connectivity index is 1.84. The van der Waals surface area contributed by atoms with E-state index < -0.39 is 0 Å². The Hall–Kier alpha value is -2.14. The van der Waals surface area contributed by atoms with Crippen molar-refractivity contribution in [3.05, 3.63) is 47.7 Å². The minimum Gasteiger partial charge on any atom is -0.324 e. The molecule has 0 spiro atoms. The highest BCUT2D eigenvalue weighted by atomic mass is 16.2. The Kier molecular flexibility index (Phi) is 5.11. The molecular weight excluding hydrogens is 264 g/mol. The minimum absolute atomic E-state index is 0.0561. The average molecular weight is 286 g/mol. The molecule has 5 nitrogen and oxygen atoms in total. The van der Waals surface area contributed by atoms with E-state index in [0.717, 1.165) is 23.4 Å². The molecule has 112 valence electrons. The third-order valence-electron chi connectivity index (χ3n) is 3.39. The van der Waals surface area contributed by atoms with Crippen LogP contribution in [-0.2, 0) is 0 Å². The van der Waals surface area contributed by atoms with E-state index >= 15 is 0 Å². The molecule has 0 unspecified atom stereocenters.